The summed E-state index contributed by atoms with van der Waals surface area (Å²) in [6.45, 7) is -0.200. The maximum Gasteiger partial charge on any atom is 0.323 e. The van der Waals surface area contributed by atoms with Crippen LogP contribution in [0.5, 0.6) is 0 Å². The van der Waals surface area contributed by atoms with Crippen molar-refractivity contribution in [2.24, 2.45) is 0 Å². The third-order valence-electron chi connectivity index (χ3n) is 3.13. The van der Waals surface area contributed by atoms with Crippen LogP contribution < -0.4 is 4.87 Å². The summed E-state index contributed by atoms with van der Waals surface area (Å²) in [6.07, 6.45) is 5.78. The van der Waals surface area contributed by atoms with E-state index in [1.54, 1.807) is 0 Å². The van der Waals surface area contributed by atoms with Gasteiger partial charge < -0.3 is 5.11 Å². The lowest BCUT2D eigenvalue weighted by Crippen LogP contribution is -2.23. The molecular weight excluding hydrogens is 226 g/mol. The standard InChI is InChI=1S/C11H15NO3S/c13-10(14)6-12-9(7-16-11(12)15)8-4-2-1-3-5-8/h7-8H,1-6H2,(H,13,14). The Morgan fingerprint density at radius 1 is 1.44 bits per heavy atom. The van der Waals surface area contributed by atoms with E-state index in [1.807, 2.05) is 5.38 Å². The van der Waals surface area contributed by atoms with E-state index in [2.05, 4.69) is 0 Å². The number of nitrogens with zero attached hydrogens (tertiary/aromatic N) is 1. The highest BCUT2D eigenvalue weighted by atomic mass is 32.1. The largest absolute Gasteiger partial charge is 0.480 e. The molecule has 0 saturated heterocycles. The molecule has 0 bridgehead atoms. The fraction of sp³-hybridized carbons (Fsp3) is 0.636. The van der Waals surface area contributed by atoms with Crippen LogP contribution in [0.4, 0.5) is 0 Å². The fourth-order valence-electron chi connectivity index (χ4n) is 2.35. The maximum atomic E-state index is 11.5. The van der Waals surface area contributed by atoms with E-state index in [4.69, 9.17) is 5.11 Å². The summed E-state index contributed by atoms with van der Waals surface area (Å²) in [7, 11) is 0. The zero-order valence-electron chi connectivity index (χ0n) is 9.02. The van der Waals surface area contributed by atoms with Crippen molar-refractivity contribution >= 4 is 17.3 Å². The Morgan fingerprint density at radius 3 is 2.75 bits per heavy atom. The second kappa shape index (κ2) is 4.82. The van der Waals surface area contributed by atoms with Gasteiger partial charge in [0.25, 0.3) is 0 Å². The van der Waals surface area contributed by atoms with Crippen LogP contribution in [0.2, 0.25) is 0 Å². The van der Waals surface area contributed by atoms with Crippen molar-refractivity contribution in [2.45, 2.75) is 44.6 Å². The average Bonchev–Trinajstić information content (AvgIpc) is 2.61. The van der Waals surface area contributed by atoms with Crippen LogP contribution >= 0.6 is 11.3 Å². The van der Waals surface area contributed by atoms with Gasteiger partial charge in [0.1, 0.15) is 6.54 Å². The highest BCUT2D eigenvalue weighted by Gasteiger charge is 2.21. The Morgan fingerprint density at radius 2 is 2.12 bits per heavy atom. The van der Waals surface area contributed by atoms with Crippen molar-refractivity contribution in [2.75, 3.05) is 0 Å². The van der Waals surface area contributed by atoms with Crippen molar-refractivity contribution in [1.29, 1.82) is 0 Å². The highest BCUT2D eigenvalue weighted by molar-refractivity contribution is 7.07. The Hall–Kier alpha value is -1.10. The fourth-order valence-corrected chi connectivity index (χ4v) is 3.19. The number of thiazole rings is 1. The van der Waals surface area contributed by atoms with Crippen LogP contribution in [0, 0.1) is 0 Å². The van der Waals surface area contributed by atoms with Gasteiger partial charge in [-0.05, 0) is 12.8 Å². The summed E-state index contributed by atoms with van der Waals surface area (Å²) in [5.74, 6) is -0.565. The van der Waals surface area contributed by atoms with E-state index in [0.717, 1.165) is 29.9 Å². The molecule has 88 valence electrons. The molecule has 1 N–H and O–H groups in total. The van der Waals surface area contributed by atoms with Crippen molar-refractivity contribution in [1.82, 2.24) is 4.57 Å². The normalized spacial score (nSPS) is 17.5. The van der Waals surface area contributed by atoms with E-state index in [0.29, 0.717) is 5.92 Å². The van der Waals surface area contributed by atoms with E-state index in [9.17, 15) is 9.59 Å². The molecule has 1 fully saturated rings. The third-order valence-corrected chi connectivity index (χ3v) is 3.91. The van der Waals surface area contributed by atoms with Gasteiger partial charge in [-0.25, -0.2) is 0 Å². The predicted octanol–water partition coefficient (Wildman–Crippen LogP) is 2.04. The van der Waals surface area contributed by atoms with Gasteiger partial charge in [-0.15, -0.1) is 0 Å². The number of hydrogen-bond donors (Lipinski definition) is 1. The second-order valence-corrected chi connectivity index (χ2v) is 5.06. The Balaban J connectivity index is 2.25. The van der Waals surface area contributed by atoms with Crippen LogP contribution in [0.3, 0.4) is 0 Å². The second-order valence-electron chi connectivity index (χ2n) is 4.24. The molecule has 1 aromatic rings. The molecule has 1 saturated carbocycles. The minimum Gasteiger partial charge on any atom is -0.480 e. The van der Waals surface area contributed by atoms with E-state index in [1.165, 1.54) is 23.8 Å². The summed E-state index contributed by atoms with van der Waals surface area (Å²) >= 11 is 1.11. The van der Waals surface area contributed by atoms with Crippen molar-refractivity contribution < 1.29 is 9.90 Å². The quantitative estimate of drug-likeness (QED) is 0.881. The van der Waals surface area contributed by atoms with Crippen LogP contribution in [0.15, 0.2) is 10.2 Å². The van der Waals surface area contributed by atoms with E-state index >= 15 is 0 Å². The van der Waals surface area contributed by atoms with Gasteiger partial charge in [-0.3, -0.25) is 14.2 Å². The maximum absolute atomic E-state index is 11.5. The van der Waals surface area contributed by atoms with Gasteiger partial charge in [-0.1, -0.05) is 30.6 Å². The van der Waals surface area contributed by atoms with Crippen molar-refractivity contribution in [3.05, 3.63) is 20.7 Å². The van der Waals surface area contributed by atoms with Gasteiger partial charge in [0, 0.05) is 17.0 Å². The average molecular weight is 241 g/mol. The first-order valence-electron chi connectivity index (χ1n) is 5.58. The first-order valence-corrected chi connectivity index (χ1v) is 6.46. The number of carboxylic acids is 1. The molecule has 2 rings (SSSR count). The topological polar surface area (TPSA) is 59.3 Å². The molecule has 0 spiro atoms. The lowest BCUT2D eigenvalue weighted by atomic mass is 9.87. The number of carbonyl (C=O) groups is 1. The van der Waals surface area contributed by atoms with Crippen LogP contribution in [-0.2, 0) is 11.3 Å². The lowest BCUT2D eigenvalue weighted by molar-refractivity contribution is -0.137. The molecule has 0 atom stereocenters. The van der Waals surface area contributed by atoms with Gasteiger partial charge in [0.15, 0.2) is 0 Å². The van der Waals surface area contributed by atoms with Crippen LogP contribution in [0.25, 0.3) is 0 Å². The van der Waals surface area contributed by atoms with E-state index < -0.39 is 5.97 Å². The predicted molar refractivity (Wildman–Crippen MR) is 62.0 cm³/mol. The molecule has 0 amide bonds. The smallest absolute Gasteiger partial charge is 0.323 e. The first kappa shape index (κ1) is 11.4. The summed E-state index contributed by atoms with van der Waals surface area (Å²) in [5, 5.41) is 10.6. The van der Waals surface area contributed by atoms with E-state index in [-0.39, 0.29) is 11.4 Å². The molecule has 1 heterocycles. The Labute approximate surface area is 97.5 Å². The SMILES string of the molecule is O=C(O)Cn1c(C2CCCCC2)csc1=O. The minimum absolute atomic E-state index is 0.150. The summed E-state index contributed by atoms with van der Waals surface area (Å²) in [5.41, 5.74) is 0.928. The molecule has 0 aromatic carbocycles. The Bertz CT molecular complexity index is 429. The van der Waals surface area contributed by atoms with Crippen LogP contribution in [-0.4, -0.2) is 15.6 Å². The summed E-state index contributed by atoms with van der Waals surface area (Å²) < 4.78 is 1.42. The van der Waals surface area contributed by atoms with Crippen molar-refractivity contribution in [3.63, 3.8) is 0 Å². The number of aliphatic carboxylic acids is 1. The number of aromatic nitrogens is 1. The monoisotopic (exact) mass is 241 g/mol. The molecular formula is C11H15NO3S. The summed E-state index contributed by atoms with van der Waals surface area (Å²) in [4.78, 5) is 22.1. The molecule has 0 unspecified atom stereocenters. The first-order chi connectivity index (χ1) is 7.68. The van der Waals surface area contributed by atoms with Gasteiger partial charge in [0.2, 0.25) is 0 Å². The molecule has 1 aliphatic rings. The van der Waals surface area contributed by atoms with Crippen molar-refractivity contribution in [3.8, 4) is 0 Å². The number of hydrogen-bond acceptors (Lipinski definition) is 3. The molecule has 4 nitrogen and oxygen atoms in total. The minimum atomic E-state index is -0.947. The molecule has 16 heavy (non-hydrogen) atoms. The zero-order chi connectivity index (χ0) is 11.5. The Kier molecular flexibility index (Phi) is 3.43. The lowest BCUT2D eigenvalue weighted by Gasteiger charge is -2.22. The molecule has 5 heteroatoms. The third kappa shape index (κ3) is 2.35. The van der Waals surface area contributed by atoms with Crippen LogP contribution in [0.1, 0.15) is 43.7 Å². The molecule has 0 radical (unpaired) electrons. The number of rotatable bonds is 3. The molecule has 0 aliphatic heterocycles. The molecule has 1 aromatic heterocycles. The summed E-state index contributed by atoms with van der Waals surface area (Å²) in [6, 6.07) is 0. The number of carboxylic acid groups (broad SMARTS) is 1. The zero-order valence-corrected chi connectivity index (χ0v) is 9.83. The van der Waals surface area contributed by atoms with Gasteiger partial charge >= 0.3 is 10.8 Å². The van der Waals surface area contributed by atoms with Gasteiger partial charge in [0.05, 0.1) is 0 Å². The highest BCUT2D eigenvalue weighted by Crippen LogP contribution is 2.32. The molecule has 1 aliphatic carbocycles. The van der Waals surface area contributed by atoms with Gasteiger partial charge in [-0.2, -0.15) is 0 Å².